The molecule has 4 atom stereocenters. The van der Waals surface area contributed by atoms with Gasteiger partial charge in [0.1, 0.15) is 0 Å². The van der Waals surface area contributed by atoms with Crippen LogP contribution in [0.2, 0.25) is 0 Å². The zero-order valence-corrected chi connectivity index (χ0v) is 15.3. The molecule has 0 heterocycles. The van der Waals surface area contributed by atoms with E-state index in [4.69, 9.17) is 0 Å². The van der Waals surface area contributed by atoms with E-state index in [1.54, 1.807) is 0 Å². The van der Waals surface area contributed by atoms with Crippen molar-refractivity contribution in [2.75, 3.05) is 0 Å². The second kappa shape index (κ2) is 2.98. The van der Waals surface area contributed by atoms with Crippen molar-refractivity contribution in [2.24, 2.45) is 22.7 Å². The van der Waals surface area contributed by atoms with Gasteiger partial charge in [0.15, 0.2) is 0 Å². The van der Waals surface area contributed by atoms with Gasteiger partial charge in [-0.15, -0.1) is 0 Å². The fraction of sp³-hybridized carbons (Fsp3) is 1.00. The summed E-state index contributed by atoms with van der Waals surface area (Å²) in [6.07, 6.45) is 8.48. The maximum atomic E-state index is 4.03. The lowest BCUT2D eigenvalue weighted by Crippen LogP contribution is -2.24. The Morgan fingerprint density at radius 1 is 0.750 bits per heavy atom. The Morgan fingerprint density at radius 2 is 1.19 bits per heavy atom. The van der Waals surface area contributed by atoms with E-state index < -0.39 is 0 Å². The molecule has 90 valence electrons. The van der Waals surface area contributed by atoms with Crippen LogP contribution in [0.5, 0.6) is 0 Å². The maximum absolute atomic E-state index is 4.03. The minimum absolute atomic E-state index is 0.264. The summed E-state index contributed by atoms with van der Waals surface area (Å²) in [7, 11) is 0. The van der Waals surface area contributed by atoms with Crippen molar-refractivity contribution in [3.05, 3.63) is 0 Å². The van der Waals surface area contributed by atoms with Gasteiger partial charge in [0, 0.05) is 10.8 Å². The third kappa shape index (κ3) is 0.987. The molecule has 0 N–H and O–H groups in total. The number of fused-ring (bicyclic) bond motifs is 1. The molecule has 0 aromatic heterocycles. The lowest BCUT2D eigenvalue weighted by molar-refractivity contribution is 0.164. The lowest BCUT2D eigenvalue weighted by Gasteiger charge is -2.32. The Morgan fingerprint density at radius 3 is 1.62 bits per heavy atom. The first kappa shape index (κ1) is 11.7. The van der Waals surface area contributed by atoms with Gasteiger partial charge < -0.3 is 0 Å². The minimum Gasteiger partial charge on any atom is -0.0721 e. The molecule has 4 fully saturated rings. The Labute approximate surface area is 130 Å². The molecule has 4 unspecified atom stereocenters. The van der Waals surface area contributed by atoms with E-state index in [2.05, 4.69) is 63.7 Å². The van der Waals surface area contributed by atoms with Gasteiger partial charge in [-0.1, -0.05) is 76.6 Å². The predicted molar refractivity (Wildman–Crippen MR) is 80.7 cm³/mol. The summed E-state index contributed by atoms with van der Waals surface area (Å²) in [4.78, 5) is 0. The van der Waals surface area contributed by atoms with Crippen LogP contribution in [0, 0.1) is 22.7 Å². The Hall–Kier alpha value is 1.92. The van der Waals surface area contributed by atoms with Gasteiger partial charge in [-0.25, -0.2) is 0 Å². The molecule has 0 bridgehead atoms. The fourth-order valence-corrected chi connectivity index (χ4v) is 9.43. The van der Waals surface area contributed by atoms with Crippen LogP contribution in [0.4, 0.5) is 0 Å². The van der Waals surface area contributed by atoms with E-state index in [1.807, 2.05) is 0 Å². The molecular formula is C12H14Br4. The van der Waals surface area contributed by atoms with E-state index in [9.17, 15) is 0 Å². The molecule has 16 heavy (non-hydrogen) atoms. The van der Waals surface area contributed by atoms with Crippen LogP contribution in [-0.2, 0) is 0 Å². The second-order valence-electron chi connectivity index (χ2n) is 6.24. The first-order valence-corrected chi connectivity index (χ1v) is 9.32. The molecule has 4 saturated carbocycles. The lowest BCUT2D eigenvalue weighted by atomic mass is 9.71. The van der Waals surface area contributed by atoms with E-state index in [-0.39, 0.29) is 6.47 Å². The number of alkyl halides is 4. The molecule has 0 spiro atoms. The third-order valence-electron chi connectivity index (χ3n) is 6.01. The van der Waals surface area contributed by atoms with E-state index in [0.717, 1.165) is 11.8 Å². The zero-order valence-electron chi connectivity index (χ0n) is 8.91. The Kier molecular flexibility index (Phi) is 2.18. The summed E-state index contributed by atoms with van der Waals surface area (Å²) >= 11 is 15.8. The normalized spacial score (nSPS) is 59.2. The molecule has 0 aromatic rings. The summed E-state index contributed by atoms with van der Waals surface area (Å²) < 4.78 is 0.549. The van der Waals surface area contributed by atoms with Gasteiger partial charge >= 0.3 is 0 Å². The topological polar surface area (TPSA) is 0 Å². The quantitative estimate of drug-likeness (QED) is 0.401. The molecule has 4 heteroatoms. The van der Waals surface area contributed by atoms with Crippen molar-refractivity contribution in [3.8, 4) is 0 Å². The van der Waals surface area contributed by atoms with Crippen LogP contribution in [0.15, 0.2) is 0 Å². The highest BCUT2D eigenvalue weighted by molar-refractivity contribution is 9.26. The largest absolute Gasteiger partial charge is 0.0929 e. The molecule has 4 aliphatic rings. The molecule has 0 radical (unpaired) electrons. The van der Waals surface area contributed by atoms with E-state index >= 15 is 0 Å². The van der Waals surface area contributed by atoms with Gasteiger partial charge in [-0.3, -0.25) is 0 Å². The second-order valence-corrected chi connectivity index (χ2v) is 13.4. The molecule has 0 saturated heterocycles. The van der Waals surface area contributed by atoms with Gasteiger partial charge in [0.2, 0.25) is 0 Å². The van der Waals surface area contributed by atoms with Gasteiger partial charge in [-0.05, 0) is 37.5 Å². The first-order valence-electron chi connectivity index (χ1n) is 6.15. The highest BCUT2D eigenvalue weighted by Crippen LogP contribution is 2.94. The van der Waals surface area contributed by atoms with Crippen molar-refractivity contribution in [2.45, 2.75) is 45.0 Å². The minimum atomic E-state index is 0.264. The summed E-state index contributed by atoms with van der Waals surface area (Å²) in [5.41, 5.74) is 1.12. The number of hydrogen-bond acceptors (Lipinski definition) is 0. The highest BCUT2D eigenvalue weighted by atomic mass is 79.9. The number of halogens is 4. The summed E-state index contributed by atoms with van der Waals surface area (Å²) in [5.74, 6) is 1.71. The molecule has 0 amide bonds. The average Bonchev–Trinajstić information content (AvgIpc) is 2.93. The molecule has 4 rings (SSSR count). The summed E-state index contributed by atoms with van der Waals surface area (Å²) in [6, 6.07) is 0. The van der Waals surface area contributed by atoms with Crippen molar-refractivity contribution < 1.29 is 0 Å². The number of hydrogen-bond donors (Lipinski definition) is 0. The molecule has 0 aliphatic heterocycles. The van der Waals surface area contributed by atoms with Crippen molar-refractivity contribution in [1.82, 2.24) is 0 Å². The summed E-state index contributed by atoms with van der Waals surface area (Å²) in [5, 5.41) is 0. The maximum Gasteiger partial charge on any atom is 0.0929 e. The van der Waals surface area contributed by atoms with E-state index in [0.29, 0.717) is 10.8 Å². The van der Waals surface area contributed by atoms with Crippen molar-refractivity contribution in [1.29, 1.82) is 0 Å². The van der Waals surface area contributed by atoms with Crippen LogP contribution in [0.25, 0.3) is 0 Å². The smallest absolute Gasteiger partial charge is 0.0721 e. The van der Waals surface area contributed by atoms with Crippen LogP contribution < -0.4 is 0 Å². The fourth-order valence-electron chi connectivity index (χ4n) is 5.01. The first-order chi connectivity index (χ1) is 7.39. The van der Waals surface area contributed by atoms with Crippen LogP contribution in [-0.4, -0.2) is 6.47 Å². The molecule has 0 nitrogen and oxygen atoms in total. The Bertz CT molecular complexity index is 345. The van der Waals surface area contributed by atoms with Gasteiger partial charge in [0.25, 0.3) is 0 Å². The zero-order chi connectivity index (χ0) is 11.4. The van der Waals surface area contributed by atoms with E-state index in [1.165, 1.54) is 38.5 Å². The SMILES string of the molecule is BrC1(Br)C2CC34CCCCC3(CC21)C4(Br)Br. The number of rotatable bonds is 0. The van der Waals surface area contributed by atoms with Crippen molar-refractivity contribution in [3.63, 3.8) is 0 Å². The standard InChI is InChI=1S/C12H14Br4/c13-11(14)7-5-9-3-1-2-4-10(9,6-8(7)11)12(9,15)16/h7-8H,1-6H2. The van der Waals surface area contributed by atoms with Crippen molar-refractivity contribution >= 4 is 63.7 Å². The van der Waals surface area contributed by atoms with Crippen LogP contribution in [0.1, 0.15) is 38.5 Å². The van der Waals surface area contributed by atoms with Crippen LogP contribution in [0.3, 0.4) is 0 Å². The van der Waals surface area contributed by atoms with Crippen LogP contribution >= 0.6 is 63.7 Å². The average molecular weight is 478 g/mol. The van der Waals surface area contributed by atoms with Gasteiger partial charge in [-0.2, -0.15) is 0 Å². The third-order valence-corrected chi connectivity index (χ3v) is 11.4. The predicted octanol–water partition coefficient (Wildman–Crippen LogP) is 5.56. The Balaban J connectivity index is 1.76. The highest BCUT2D eigenvalue weighted by Gasteiger charge is 2.90. The molecule has 0 aromatic carbocycles. The molecular weight excluding hydrogens is 464 g/mol. The monoisotopic (exact) mass is 474 g/mol. The van der Waals surface area contributed by atoms with Gasteiger partial charge in [0.05, 0.1) is 6.47 Å². The summed E-state index contributed by atoms with van der Waals surface area (Å²) in [6.45, 7) is 0. The molecule has 4 aliphatic carbocycles.